The van der Waals surface area contributed by atoms with Crippen molar-refractivity contribution in [2.24, 2.45) is 0 Å². The van der Waals surface area contributed by atoms with Gasteiger partial charge in [0.05, 0.1) is 12.8 Å². The van der Waals surface area contributed by atoms with Crippen LogP contribution in [0.1, 0.15) is 67.0 Å². The molecule has 0 saturated carbocycles. The average molecular weight is 653 g/mol. The minimum Gasteiger partial charge on any atom is -0.457 e. The van der Waals surface area contributed by atoms with E-state index in [1.807, 2.05) is 27.7 Å². The second kappa shape index (κ2) is 15.2. The molecule has 0 atom stereocenters. The topological polar surface area (TPSA) is 152 Å². The molecule has 12 heteroatoms. The van der Waals surface area contributed by atoms with Gasteiger partial charge in [-0.15, -0.1) is 0 Å². The Kier molecular flexibility index (Phi) is 11.1. The van der Waals surface area contributed by atoms with Crippen molar-refractivity contribution in [2.45, 2.75) is 60.0 Å². The molecule has 2 aromatic heterocycles. The lowest BCUT2D eigenvalue weighted by atomic mass is 10.2. The lowest BCUT2D eigenvalue weighted by Gasteiger charge is -2.12. The van der Waals surface area contributed by atoms with Crippen LogP contribution >= 0.6 is 0 Å². The van der Waals surface area contributed by atoms with Crippen molar-refractivity contribution in [2.75, 3.05) is 17.3 Å². The van der Waals surface area contributed by atoms with E-state index in [1.165, 1.54) is 4.90 Å². The van der Waals surface area contributed by atoms with Crippen LogP contribution in [0.4, 0.5) is 11.6 Å². The summed E-state index contributed by atoms with van der Waals surface area (Å²) in [5.74, 6) is 2.96. The molecule has 4 aromatic rings. The Morgan fingerprint density at radius 1 is 0.771 bits per heavy atom. The van der Waals surface area contributed by atoms with Crippen molar-refractivity contribution in [1.29, 1.82) is 0 Å². The van der Waals surface area contributed by atoms with Crippen LogP contribution in [0.3, 0.4) is 0 Å². The summed E-state index contributed by atoms with van der Waals surface area (Å²) in [5, 5.41) is 8.37. The SMILES string of the molecule is C.CC(C)NC(=O)c1cccc(Oc2ccnc3c2CC(=O)N3)c1.CC(C)NC(=O)c1cccc(Oc2ccnc3c2CC(=O)N3C)c1. The summed E-state index contributed by atoms with van der Waals surface area (Å²) in [4.78, 5) is 57.4. The van der Waals surface area contributed by atoms with Gasteiger partial charge in [-0.1, -0.05) is 19.6 Å². The zero-order chi connectivity index (χ0) is 33.7. The maximum atomic E-state index is 12.1. The number of amides is 4. The third kappa shape index (κ3) is 8.32. The molecule has 12 nitrogen and oxygen atoms in total. The highest BCUT2D eigenvalue weighted by atomic mass is 16.5. The first-order valence-electron chi connectivity index (χ1n) is 15.2. The monoisotopic (exact) mass is 652 g/mol. The third-order valence-electron chi connectivity index (χ3n) is 7.11. The molecule has 0 aliphatic carbocycles. The number of nitrogens with one attached hydrogen (secondary N) is 3. The average Bonchev–Trinajstić information content (AvgIpc) is 3.56. The molecule has 0 saturated heterocycles. The first kappa shape index (κ1) is 35.1. The minimum atomic E-state index is -0.151. The van der Waals surface area contributed by atoms with Crippen LogP contribution in [-0.4, -0.2) is 52.7 Å². The minimum absolute atomic E-state index is 0. The number of aromatic nitrogens is 2. The largest absolute Gasteiger partial charge is 0.457 e. The lowest BCUT2D eigenvalue weighted by molar-refractivity contribution is -0.117. The fourth-order valence-electron chi connectivity index (χ4n) is 4.94. The van der Waals surface area contributed by atoms with E-state index in [0.29, 0.717) is 45.8 Å². The van der Waals surface area contributed by atoms with Crippen molar-refractivity contribution >= 4 is 35.3 Å². The van der Waals surface area contributed by atoms with Crippen molar-refractivity contribution in [3.8, 4) is 23.0 Å². The van der Waals surface area contributed by atoms with Gasteiger partial charge in [0.1, 0.15) is 34.6 Å². The molecule has 2 aliphatic rings. The van der Waals surface area contributed by atoms with Gasteiger partial charge in [-0.2, -0.15) is 0 Å². The maximum absolute atomic E-state index is 12.1. The number of fused-ring (bicyclic) bond motifs is 2. The molecule has 0 fully saturated rings. The number of carbonyl (C=O) groups is 4. The van der Waals surface area contributed by atoms with E-state index in [0.717, 1.165) is 11.1 Å². The van der Waals surface area contributed by atoms with Crippen LogP contribution in [0.5, 0.6) is 23.0 Å². The molecule has 6 rings (SSSR count). The van der Waals surface area contributed by atoms with Crippen LogP contribution in [0, 0.1) is 0 Å². The molecular weight excluding hydrogens is 612 g/mol. The summed E-state index contributed by atoms with van der Waals surface area (Å²) >= 11 is 0. The van der Waals surface area contributed by atoms with E-state index < -0.39 is 0 Å². The zero-order valence-corrected chi connectivity index (χ0v) is 26.8. The van der Waals surface area contributed by atoms with E-state index in [9.17, 15) is 19.2 Å². The Morgan fingerprint density at radius 3 is 1.83 bits per heavy atom. The van der Waals surface area contributed by atoms with Crippen molar-refractivity contribution in [3.63, 3.8) is 0 Å². The van der Waals surface area contributed by atoms with Crippen molar-refractivity contribution in [1.82, 2.24) is 20.6 Å². The van der Waals surface area contributed by atoms with Gasteiger partial charge in [0.15, 0.2) is 0 Å². The smallest absolute Gasteiger partial charge is 0.251 e. The van der Waals surface area contributed by atoms with Gasteiger partial charge in [0.2, 0.25) is 11.8 Å². The predicted octanol–water partition coefficient (Wildman–Crippen LogP) is 5.67. The highest BCUT2D eigenvalue weighted by Gasteiger charge is 2.29. The quantitative estimate of drug-likeness (QED) is 0.220. The standard InChI is InChI=1S/C18H19N3O3.C17H17N3O3.CH4/c1-11(2)20-18(23)12-5-4-6-13(9-12)24-15-7-8-19-17-14(15)10-16(22)21(17)3;1-10(2)19-17(22)11-4-3-5-12(8-11)23-14-6-7-18-16-13(14)9-15(21)20-16;/h4-9,11H,10H2,1-3H3,(H,20,23);3-8,10H,9H2,1-2H3,(H,19,22)(H,18,20,21);1H4. The number of nitrogens with zero attached hydrogens (tertiary/aromatic N) is 3. The molecule has 4 heterocycles. The van der Waals surface area contributed by atoms with E-state index >= 15 is 0 Å². The molecule has 250 valence electrons. The molecule has 2 aromatic carbocycles. The molecule has 0 unspecified atom stereocenters. The number of rotatable bonds is 8. The van der Waals surface area contributed by atoms with Gasteiger partial charge in [-0.25, -0.2) is 9.97 Å². The van der Waals surface area contributed by atoms with E-state index in [1.54, 1.807) is 80.1 Å². The Hall–Kier alpha value is -5.78. The summed E-state index contributed by atoms with van der Waals surface area (Å²) < 4.78 is 11.8. The molecule has 48 heavy (non-hydrogen) atoms. The zero-order valence-electron chi connectivity index (χ0n) is 26.8. The highest BCUT2D eigenvalue weighted by molar-refractivity contribution is 6.01. The predicted molar refractivity (Wildman–Crippen MR) is 183 cm³/mol. The van der Waals surface area contributed by atoms with Gasteiger partial charge < -0.3 is 25.4 Å². The normalized spacial score (nSPS) is 12.7. The van der Waals surface area contributed by atoms with Gasteiger partial charge in [-0.3, -0.25) is 24.1 Å². The lowest BCUT2D eigenvalue weighted by Crippen LogP contribution is -2.29. The summed E-state index contributed by atoms with van der Waals surface area (Å²) in [5.41, 5.74) is 2.55. The van der Waals surface area contributed by atoms with Crippen molar-refractivity contribution < 1.29 is 28.7 Å². The number of ether oxygens (including phenoxy) is 2. The summed E-state index contributed by atoms with van der Waals surface area (Å²) in [6.45, 7) is 7.63. The van der Waals surface area contributed by atoms with E-state index in [4.69, 9.17) is 9.47 Å². The molecule has 0 bridgehead atoms. The van der Waals surface area contributed by atoms with Crippen LogP contribution in [-0.2, 0) is 22.4 Å². The number of hydrogen-bond acceptors (Lipinski definition) is 8. The van der Waals surface area contributed by atoms with E-state index in [2.05, 4.69) is 25.9 Å². The van der Waals surface area contributed by atoms with E-state index in [-0.39, 0.29) is 56.0 Å². The number of carbonyl (C=O) groups excluding carboxylic acids is 4. The molecular formula is C36H40N6O6. The number of anilines is 2. The van der Waals surface area contributed by atoms with Gasteiger partial charge >= 0.3 is 0 Å². The third-order valence-corrected chi connectivity index (χ3v) is 7.11. The fourth-order valence-corrected chi connectivity index (χ4v) is 4.94. The molecule has 2 aliphatic heterocycles. The Morgan fingerprint density at radius 2 is 1.29 bits per heavy atom. The number of hydrogen-bond donors (Lipinski definition) is 3. The Balaban J connectivity index is 0.000000212. The van der Waals surface area contributed by atoms with Gasteiger partial charge in [-0.05, 0) is 76.2 Å². The Labute approximate surface area is 279 Å². The van der Waals surface area contributed by atoms with Crippen LogP contribution in [0.2, 0.25) is 0 Å². The number of likely N-dealkylation sites (N-methyl/N-ethyl adjacent to an activating group) is 1. The van der Waals surface area contributed by atoms with Gasteiger partial charge in [0, 0.05) is 53.8 Å². The molecule has 3 N–H and O–H groups in total. The second-order valence-electron chi connectivity index (χ2n) is 11.6. The Bertz CT molecular complexity index is 1840. The van der Waals surface area contributed by atoms with Crippen LogP contribution in [0.15, 0.2) is 73.1 Å². The second-order valence-corrected chi connectivity index (χ2v) is 11.6. The van der Waals surface area contributed by atoms with Crippen LogP contribution < -0.4 is 30.3 Å². The number of pyridine rings is 2. The fraction of sp³-hybridized carbons (Fsp3) is 0.278. The summed E-state index contributed by atoms with van der Waals surface area (Å²) in [6, 6.07) is 17.5. The maximum Gasteiger partial charge on any atom is 0.251 e. The summed E-state index contributed by atoms with van der Waals surface area (Å²) in [6.07, 6.45) is 3.70. The first-order valence-corrected chi connectivity index (χ1v) is 15.2. The molecule has 0 spiro atoms. The molecule has 4 amide bonds. The summed E-state index contributed by atoms with van der Waals surface area (Å²) in [7, 11) is 1.70. The van der Waals surface area contributed by atoms with Crippen LogP contribution in [0.25, 0.3) is 0 Å². The van der Waals surface area contributed by atoms with Crippen molar-refractivity contribution in [3.05, 3.63) is 95.3 Å². The first-order chi connectivity index (χ1) is 22.5. The number of benzene rings is 2. The highest BCUT2D eigenvalue weighted by Crippen LogP contribution is 2.36. The van der Waals surface area contributed by atoms with Gasteiger partial charge in [0.25, 0.3) is 11.8 Å². The molecule has 0 radical (unpaired) electrons.